The van der Waals surface area contributed by atoms with E-state index in [0.717, 1.165) is 5.92 Å². The van der Waals surface area contributed by atoms with Gasteiger partial charge in [0, 0.05) is 11.6 Å². The Kier molecular flexibility index (Phi) is 15.6. The van der Waals surface area contributed by atoms with Gasteiger partial charge in [-0.2, -0.15) is 0 Å². The van der Waals surface area contributed by atoms with Gasteiger partial charge in [-0.1, -0.05) is 41.0 Å². The zero-order valence-electron chi connectivity index (χ0n) is 8.87. The summed E-state index contributed by atoms with van der Waals surface area (Å²) in [5.41, 5.74) is 1.79. The average Bonchev–Trinajstić information content (AvgIpc) is 2.65. The van der Waals surface area contributed by atoms with E-state index in [4.69, 9.17) is 0 Å². The highest BCUT2D eigenvalue weighted by atomic mass is 32.1. The normalized spacial score (nSPS) is 7.83. The predicted molar refractivity (Wildman–Crippen MR) is 58.6 cm³/mol. The average molecular weight is 187 g/mol. The fourth-order valence-electron chi connectivity index (χ4n) is 0.176. The molecule has 2 heteroatoms. The topological polar surface area (TPSA) is 12.9 Å². The maximum Gasteiger partial charge on any atom is 0.0791 e. The number of aromatic nitrogens is 1. The lowest BCUT2D eigenvalue weighted by Gasteiger charge is -1.90. The van der Waals surface area contributed by atoms with Crippen molar-refractivity contribution >= 4 is 11.3 Å². The van der Waals surface area contributed by atoms with E-state index in [9.17, 15) is 0 Å². The summed E-state index contributed by atoms with van der Waals surface area (Å²) in [4.78, 5) is 3.74. The van der Waals surface area contributed by atoms with Gasteiger partial charge in [0.25, 0.3) is 0 Å². The van der Waals surface area contributed by atoms with E-state index in [1.54, 1.807) is 23.0 Å². The Balaban J connectivity index is 0. The lowest BCUT2D eigenvalue weighted by atomic mass is 10.2. The van der Waals surface area contributed by atoms with Crippen LogP contribution in [0.25, 0.3) is 0 Å². The van der Waals surface area contributed by atoms with Gasteiger partial charge in [0.2, 0.25) is 0 Å². The van der Waals surface area contributed by atoms with Crippen LogP contribution >= 0.6 is 11.3 Å². The number of hydrogen-bond acceptors (Lipinski definition) is 2. The molecule has 0 unspecified atom stereocenters. The van der Waals surface area contributed by atoms with E-state index >= 15 is 0 Å². The van der Waals surface area contributed by atoms with Crippen molar-refractivity contribution in [1.82, 2.24) is 4.98 Å². The summed E-state index contributed by atoms with van der Waals surface area (Å²) in [6, 6.07) is 0. The summed E-state index contributed by atoms with van der Waals surface area (Å²) in [5.74, 6) is 0.884. The first-order chi connectivity index (χ1) is 5.77. The summed E-state index contributed by atoms with van der Waals surface area (Å²) in [6.07, 6.45) is 3.07. The van der Waals surface area contributed by atoms with Gasteiger partial charge in [0.15, 0.2) is 0 Å². The molecular formula is C10H21NS. The quantitative estimate of drug-likeness (QED) is 0.641. The van der Waals surface area contributed by atoms with Crippen molar-refractivity contribution in [2.24, 2.45) is 5.92 Å². The van der Waals surface area contributed by atoms with Crippen LogP contribution in [0.3, 0.4) is 0 Å². The van der Waals surface area contributed by atoms with Crippen molar-refractivity contribution in [2.45, 2.75) is 41.0 Å². The smallest absolute Gasteiger partial charge is 0.0791 e. The highest BCUT2D eigenvalue weighted by molar-refractivity contribution is 7.07. The Morgan fingerprint density at radius 2 is 1.83 bits per heavy atom. The van der Waals surface area contributed by atoms with Gasteiger partial charge < -0.3 is 0 Å². The first-order valence-electron chi connectivity index (χ1n) is 4.59. The second kappa shape index (κ2) is 13.2. The summed E-state index contributed by atoms with van der Waals surface area (Å²) in [6.45, 7) is 10.6. The maximum atomic E-state index is 3.74. The highest BCUT2D eigenvalue weighted by Gasteiger charge is 1.80. The maximum absolute atomic E-state index is 3.74. The van der Waals surface area contributed by atoms with Crippen molar-refractivity contribution in [3.63, 3.8) is 0 Å². The molecule has 0 saturated heterocycles. The first kappa shape index (κ1) is 14.2. The third kappa shape index (κ3) is 16.3. The van der Waals surface area contributed by atoms with Crippen LogP contribution in [0.2, 0.25) is 0 Å². The Bertz CT molecular complexity index is 107. The highest BCUT2D eigenvalue weighted by Crippen LogP contribution is 1.93. The molecule has 0 aliphatic heterocycles. The summed E-state index contributed by atoms with van der Waals surface area (Å²) in [5, 5.41) is 1.93. The second-order valence-corrected chi connectivity index (χ2v) is 3.23. The van der Waals surface area contributed by atoms with Crippen molar-refractivity contribution in [3.05, 3.63) is 17.1 Å². The molecule has 0 aliphatic carbocycles. The molecule has 0 fully saturated rings. The van der Waals surface area contributed by atoms with Gasteiger partial charge in [0.1, 0.15) is 0 Å². The number of rotatable bonds is 1. The lowest BCUT2D eigenvalue weighted by Crippen LogP contribution is -1.77. The second-order valence-electron chi connectivity index (χ2n) is 2.48. The molecule has 12 heavy (non-hydrogen) atoms. The lowest BCUT2D eigenvalue weighted by molar-refractivity contribution is 0.626. The van der Waals surface area contributed by atoms with Crippen LogP contribution in [-0.4, -0.2) is 4.98 Å². The molecule has 0 bridgehead atoms. The summed E-state index contributed by atoms with van der Waals surface area (Å²) < 4.78 is 0. The molecule has 1 nitrogen and oxygen atoms in total. The van der Waals surface area contributed by atoms with Crippen LogP contribution in [-0.2, 0) is 0 Å². The number of nitrogens with zero attached hydrogens (tertiary/aromatic N) is 1. The third-order valence-electron chi connectivity index (χ3n) is 1.16. The molecule has 0 N–H and O–H groups in total. The van der Waals surface area contributed by atoms with Gasteiger partial charge in [0.05, 0.1) is 5.51 Å². The molecule has 1 aromatic heterocycles. The SMILES string of the molecule is CC.CCC(C)C.c1cscn1. The van der Waals surface area contributed by atoms with Crippen molar-refractivity contribution in [3.8, 4) is 0 Å². The van der Waals surface area contributed by atoms with Crippen LogP contribution in [0.4, 0.5) is 0 Å². The standard InChI is InChI=1S/C5H12.C3H3NS.C2H6/c1-4-5(2)3;1-2-5-3-4-1;1-2/h5H,4H2,1-3H3;1-3H;1-2H3. The van der Waals surface area contributed by atoms with E-state index in [2.05, 4.69) is 25.8 Å². The molecule has 1 heterocycles. The minimum absolute atomic E-state index is 0.884. The van der Waals surface area contributed by atoms with E-state index in [0.29, 0.717) is 0 Å². The predicted octanol–water partition coefficient (Wildman–Crippen LogP) is 4.22. The van der Waals surface area contributed by atoms with Gasteiger partial charge in [-0.25, -0.2) is 0 Å². The van der Waals surface area contributed by atoms with Crippen LogP contribution in [0.1, 0.15) is 41.0 Å². The zero-order chi connectivity index (χ0) is 9.82. The molecule has 0 spiro atoms. The third-order valence-corrected chi connectivity index (χ3v) is 1.69. The molecule has 0 radical (unpaired) electrons. The van der Waals surface area contributed by atoms with E-state index in [1.807, 2.05) is 19.2 Å². The van der Waals surface area contributed by atoms with Crippen molar-refractivity contribution in [2.75, 3.05) is 0 Å². The molecular weight excluding hydrogens is 166 g/mol. The summed E-state index contributed by atoms with van der Waals surface area (Å²) in [7, 11) is 0. The Morgan fingerprint density at radius 3 is 1.92 bits per heavy atom. The van der Waals surface area contributed by atoms with Gasteiger partial charge >= 0.3 is 0 Å². The van der Waals surface area contributed by atoms with Crippen molar-refractivity contribution < 1.29 is 0 Å². The fourth-order valence-corrected chi connectivity index (χ4v) is 0.527. The molecule has 0 atom stereocenters. The molecule has 1 aromatic rings. The Hall–Kier alpha value is -0.370. The molecule has 1 rings (SSSR count). The first-order valence-corrected chi connectivity index (χ1v) is 5.53. The minimum atomic E-state index is 0.884. The van der Waals surface area contributed by atoms with Crippen LogP contribution < -0.4 is 0 Å². The Labute approximate surface area is 80.9 Å². The monoisotopic (exact) mass is 187 g/mol. The van der Waals surface area contributed by atoms with Crippen molar-refractivity contribution in [1.29, 1.82) is 0 Å². The van der Waals surface area contributed by atoms with Gasteiger partial charge in [-0.05, 0) is 5.92 Å². The van der Waals surface area contributed by atoms with Crippen LogP contribution in [0.5, 0.6) is 0 Å². The molecule has 72 valence electrons. The Morgan fingerprint density at radius 1 is 1.33 bits per heavy atom. The summed E-state index contributed by atoms with van der Waals surface area (Å²) >= 11 is 1.60. The van der Waals surface area contributed by atoms with Crippen LogP contribution in [0, 0.1) is 5.92 Å². The van der Waals surface area contributed by atoms with E-state index in [-0.39, 0.29) is 0 Å². The largest absolute Gasteiger partial charge is 0.253 e. The molecule has 0 saturated carbocycles. The minimum Gasteiger partial charge on any atom is -0.253 e. The van der Waals surface area contributed by atoms with Gasteiger partial charge in [-0.3, -0.25) is 4.98 Å². The number of thiazole rings is 1. The molecule has 0 aromatic carbocycles. The van der Waals surface area contributed by atoms with E-state index in [1.165, 1.54) is 6.42 Å². The molecule has 0 amide bonds. The van der Waals surface area contributed by atoms with Gasteiger partial charge in [-0.15, -0.1) is 11.3 Å². The molecule has 0 aliphatic rings. The fraction of sp³-hybridized carbons (Fsp3) is 0.700. The zero-order valence-corrected chi connectivity index (χ0v) is 9.69. The van der Waals surface area contributed by atoms with E-state index < -0.39 is 0 Å². The number of hydrogen-bond donors (Lipinski definition) is 0. The van der Waals surface area contributed by atoms with Crippen LogP contribution in [0.15, 0.2) is 17.1 Å².